The van der Waals surface area contributed by atoms with Crippen molar-refractivity contribution in [2.75, 3.05) is 19.6 Å². The Morgan fingerprint density at radius 2 is 2.00 bits per heavy atom. The van der Waals surface area contributed by atoms with Gasteiger partial charge in [-0.3, -0.25) is 5.41 Å². The predicted molar refractivity (Wildman–Crippen MR) is 59.9 cm³/mol. The highest BCUT2D eigenvalue weighted by Gasteiger charge is 2.24. The van der Waals surface area contributed by atoms with Gasteiger partial charge in [-0.2, -0.15) is 0 Å². The van der Waals surface area contributed by atoms with Gasteiger partial charge in [0, 0.05) is 25.0 Å². The van der Waals surface area contributed by atoms with Crippen LogP contribution < -0.4 is 11.1 Å². The lowest BCUT2D eigenvalue weighted by molar-refractivity contribution is 0.206. The molecule has 0 saturated carbocycles. The third-order valence-electron chi connectivity index (χ3n) is 2.80. The molecule has 0 aromatic heterocycles. The molecule has 0 aromatic carbocycles. The topological polar surface area (TPSA) is 82.2 Å². The fourth-order valence-corrected chi connectivity index (χ4v) is 1.42. The van der Waals surface area contributed by atoms with Crippen LogP contribution in [0.3, 0.4) is 0 Å². The molecular formula is C10H20N4O. The van der Waals surface area contributed by atoms with Crippen LogP contribution in [0.4, 0.5) is 4.79 Å². The minimum Gasteiger partial charge on any atom is -0.387 e. The predicted octanol–water partition coefficient (Wildman–Crippen LogP) is 0.754. The van der Waals surface area contributed by atoms with Crippen LogP contribution in [0.5, 0.6) is 0 Å². The zero-order valence-corrected chi connectivity index (χ0v) is 9.47. The van der Waals surface area contributed by atoms with E-state index in [2.05, 4.69) is 5.32 Å². The molecule has 1 aliphatic heterocycles. The number of amidine groups is 1. The summed E-state index contributed by atoms with van der Waals surface area (Å²) in [4.78, 5) is 13.4. The molecule has 1 rings (SSSR count). The van der Waals surface area contributed by atoms with Crippen molar-refractivity contribution < 1.29 is 4.79 Å². The molecule has 1 aliphatic rings. The summed E-state index contributed by atoms with van der Waals surface area (Å²) in [5, 5.41) is 10.2. The van der Waals surface area contributed by atoms with Gasteiger partial charge in [0.25, 0.3) is 0 Å². The number of nitrogens with two attached hydrogens (primary N) is 1. The first-order valence-electron chi connectivity index (χ1n) is 5.31. The average Bonchev–Trinajstić information content (AvgIpc) is 2.66. The van der Waals surface area contributed by atoms with E-state index in [1.165, 1.54) is 0 Å². The number of nitrogens with zero attached hydrogens (tertiary/aromatic N) is 1. The number of carbonyl (C=O) groups excluding carboxylic acids is 1. The second-order valence-electron chi connectivity index (χ2n) is 4.65. The summed E-state index contributed by atoms with van der Waals surface area (Å²) in [5.41, 5.74) is 4.97. The summed E-state index contributed by atoms with van der Waals surface area (Å²) < 4.78 is 0. The van der Waals surface area contributed by atoms with E-state index in [-0.39, 0.29) is 11.9 Å². The van der Waals surface area contributed by atoms with E-state index < -0.39 is 5.41 Å². The van der Waals surface area contributed by atoms with Crippen molar-refractivity contribution >= 4 is 11.9 Å². The van der Waals surface area contributed by atoms with E-state index in [4.69, 9.17) is 11.1 Å². The van der Waals surface area contributed by atoms with Crippen molar-refractivity contribution in [2.45, 2.75) is 26.7 Å². The maximum absolute atomic E-state index is 11.6. The average molecular weight is 212 g/mol. The molecule has 0 unspecified atom stereocenters. The van der Waals surface area contributed by atoms with Crippen LogP contribution in [0.2, 0.25) is 0 Å². The van der Waals surface area contributed by atoms with Gasteiger partial charge in [0.05, 0.1) is 5.84 Å². The first kappa shape index (κ1) is 11.8. The van der Waals surface area contributed by atoms with Crippen molar-refractivity contribution in [2.24, 2.45) is 11.1 Å². The normalized spacial score (nSPS) is 16.5. The molecule has 0 radical (unpaired) electrons. The summed E-state index contributed by atoms with van der Waals surface area (Å²) in [5.74, 6) is 0.101. The van der Waals surface area contributed by atoms with Gasteiger partial charge in [0.2, 0.25) is 0 Å². The van der Waals surface area contributed by atoms with Crippen molar-refractivity contribution in [1.82, 2.24) is 10.2 Å². The highest BCUT2D eigenvalue weighted by Crippen LogP contribution is 2.13. The van der Waals surface area contributed by atoms with Crippen molar-refractivity contribution in [3.05, 3.63) is 0 Å². The highest BCUT2D eigenvalue weighted by molar-refractivity contribution is 5.84. The number of hydrogen-bond acceptors (Lipinski definition) is 2. The monoisotopic (exact) mass is 212 g/mol. The SMILES string of the molecule is CC(C)(CNC(=O)N1CCCC1)C(=N)N. The Balaban J connectivity index is 2.36. The number of amides is 2. The maximum Gasteiger partial charge on any atom is 0.317 e. The Labute approximate surface area is 90.5 Å². The Hall–Kier alpha value is -1.26. The first-order valence-corrected chi connectivity index (χ1v) is 5.31. The molecule has 0 aliphatic carbocycles. The van der Waals surface area contributed by atoms with Gasteiger partial charge in [-0.05, 0) is 12.8 Å². The second-order valence-corrected chi connectivity index (χ2v) is 4.65. The van der Waals surface area contributed by atoms with Gasteiger partial charge in [-0.25, -0.2) is 4.79 Å². The van der Waals surface area contributed by atoms with E-state index in [0.717, 1.165) is 25.9 Å². The fourth-order valence-electron chi connectivity index (χ4n) is 1.42. The van der Waals surface area contributed by atoms with Gasteiger partial charge in [0.1, 0.15) is 0 Å². The van der Waals surface area contributed by atoms with Gasteiger partial charge in [0.15, 0.2) is 0 Å². The standard InChI is InChI=1S/C10H20N4O/c1-10(2,8(11)12)7-13-9(15)14-5-3-4-6-14/h3-7H2,1-2H3,(H3,11,12)(H,13,15). The van der Waals surface area contributed by atoms with Crippen LogP contribution in [0, 0.1) is 10.8 Å². The minimum absolute atomic E-state index is 0.0400. The quantitative estimate of drug-likeness (QED) is 0.476. The van der Waals surface area contributed by atoms with Gasteiger partial charge < -0.3 is 16.0 Å². The molecule has 1 saturated heterocycles. The Morgan fingerprint density at radius 3 is 2.47 bits per heavy atom. The molecule has 5 nitrogen and oxygen atoms in total. The molecule has 86 valence electrons. The summed E-state index contributed by atoms with van der Waals surface area (Å²) in [6.07, 6.45) is 2.17. The van der Waals surface area contributed by atoms with Gasteiger partial charge in [-0.1, -0.05) is 13.8 Å². The lowest BCUT2D eigenvalue weighted by atomic mass is 9.92. The molecule has 1 heterocycles. The molecule has 0 bridgehead atoms. The largest absolute Gasteiger partial charge is 0.387 e. The van der Waals surface area contributed by atoms with Gasteiger partial charge >= 0.3 is 6.03 Å². The number of hydrogen-bond donors (Lipinski definition) is 3. The number of urea groups is 1. The molecular weight excluding hydrogens is 192 g/mol. The van der Waals surface area contributed by atoms with Crippen LogP contribution in [-0.4, -0.2) is 36.4 Å². The third kappa shape index (κ3) is 3.11. The smallest absolute Gasteiger partial charge is 0.317 e. The number of likely N-dealkylation sites (tertiary alicyclic amines) is 1. The Kier molecular flexibility index (Phi) is 3.55. The molecule has 5 heteroatoms. The van der Waals surface area contributed by atoms with E-state index >= 15 is 0 Å². The molecule has 0 atom stereocenters. The van der Waals surface area contributed by atoms with Crippen LogP contribution in [0.15, 0.2) is 0 Å². The summed E-state index contributed by atoms with van der Waals surface area (Å²) in [6.45, 7) is 5.79. The van der Waals surface area contributed by atoms with Crippen LogP contribution in [0.25, 0.3) is 0 Å². The lowest BCUT2D eigenvalue weighted by Crippen LogP contribution is -2.46. The summed E-state index contributed by atoms with van der Waals surface area (Å²) in [6, 6.07) is -0.0400. The molecule has 0 spiro atoms. The Bertz CT molecular complexity index is 256. The minimum atomic E-state index is -0.463. The van der Waals surface area contributed by atoms with Crippen molar-refractivity contribution in [3.63, 3.8) is 0 Å². The first-order chi connectivity index (χ1) is 6.93. The van der Waals surface area contributed by atoms with Crippen LogP contribution >= 0.6 is 0 Å². The summed E-state index contributed by atoms with van der Waals surface area (Å²) >= 11 is 0. The zero-order chi connectivity index (χ0) is 11.5. The number of carbonyl (C=O) groups is 1. The van der Waals surface area contributed by atoms with Crippen molar-refractivity contribution in [3.8, 4) is 0 Å². The fraction of sp³-hybridized carbons (Fsp3) is 0.800. The van der Waals surface area contributed by atoms with E-state index in [1.807, 2.05) is 13.8 Å². The molecule has 4 N–H and O–H groups in total. The molecule has 15 heavy (non-hydrogen) atoms. The van der Waals surface area contributed by atoms with E-state index in [9.17, 15) is 4.79 Å². The lowest BCUT2D eigenvalue weighted by Gasteiger charge is -2.25. The highest BCUT2D eigenvalue weighted by atomic mass is 16.2. The number of nitrogens with one attached hydrogen (secondary N) is 2. The second kappa shape index (κ2) is 4.51. The van der Waals surface area contributed by atoms with E-state index in [0.29, 0.717) is 6.54 Å². The van der Waals surface area contributed by atoms with Crippen LogP contribution in [-0.2, 0) is 0 Å². The molecule has 2 amide bonds. The number of rotatable bonds is 3. The molecule has 0 aromatic rings. The molecule has 1 fully saturated rings. The van der Waals surface area contributed by atoms with Gasteiger partial charge in [-0.15, -0.1) is 0 Å². The summed E-state index contributed by atoms with van der Waals surface area (Å²) in [7, 11) is 0. The van der Waals surface area contributed by atoms with Crippen LogP contribution in [0.1, 0.15) is 26.7 Å². The maximum atomic E-state index is 11.6. The Morgan fingerprint density at radius 1 is 1.47 bits per heavy atom. The zero-order valence-electron chi connectivity index (χ0n) is 9.47. The third-order valence-corrected chi connectivity index (χ3v) is 2.80. The van der Waals surface area contributed by atoms with Crippen molar-refractivity contribution in [1.29, 1.82) is 5.41 Å². The van der Waals surface area contributed by atoms with E-state index in [1.54, 1.807) is 4.90 Å².